The summed E-state index contributed by atoms with van der Waals surface area (Å²) in [4.78, 5) is 0. The number of alkyl halides is 1. The minimum Gasteiger partial charge on any atom is -0.122 e. The molecule has 0 nitrogen and oxygen atoms in total. The summed E-state index contributed by atoms with van der Waals surface area (Å²) >= 11 is 6.02. The number of halogens is 1. The van der Waals surface area contributed by atoms with E-state index in [4.69, 9.17) is 11.6 Å². The van der Waals surface area contributed by atoms with Crippen LogP contribution < -0.4 is 0 Å². The Kier molecular flexibility index (Phi) is 16.1. The zero-order valence-corrected chi connectivity index (χ0v) is 14.1. The number of allylic oxidation sites excluding steroid dienone is 2. The van der Waals surface area contributed by atoms with Crippen LogP contribution in [0.2, 0.25) is 0 Å². The Hall–Kier alpha value is 0.0300. The van der Waals surface area contributed by atoms with Crippen LogP contribution in [-0.2, 0) is 0 Å². The lowest BCUT2D eigenvalue weighted by Gasteiger charge is -2.04. The summed E-state index contributed by atoms with van der Waals surface area (Å²) in [6.07, 6.45) is 20.0. The summed E-state index contributed by atoms with van der Waals surface area (Å²) in [5.74, 6) is 0.740. The Morgan fingerprint density at radius 3 is 1.84 bits per heavy atom. The number of unbranched alkanes of at least 4 members (excludes halogenated alkanes) is 10. The fourth-order valence-corrected chi connectivity index (χ4v) is 2.65. The first-order valence-corrected chi connectivity index (χ1v) is 9.12. The van der Waals surface area contributed by atoms with Crippen LogP contribution in [0.5, 0.6) is 0 Å². The Bertz CT molecular complexity index is 196. The highest BCUT2D eigenvalue weighted by Gasteiger charge is 1.97. The molecule has 0 heterocycles. The fourth-order valence-electron chi connectivity index (χ4n) is 2.41. The molecule has 0 unspecified atom stereocenters. The van der Waals surface area contributed by atoms with Gasteiger partial charge in [-0.2, -0.15) is 0 Å². The van der Waals surface area contributed by atoms with Gasteiger partial charge >= 0.3 is 0 Å². The third kappa shape index (κ3) is 14.3. The van der Waals surface area contributed by atoms with Crippen molar-refractivity contribution in [2.45, 2.75) is 97.3 Å². The van der Waals surface area contributed by atoms with Crippen molar-refractivity contribution in [1.82, 2.24) is 0 Å². The van der Waals surface area contributed by atoms with E-state index in [9.17, 15) is 0 Å². The molecule has 19 heavy (non-hydrogen) atoms. The van der Waals surface area contributed by atoms with E-state index in [0.29, 0.717) is 0 Å². The Morgan fingerprint density at radius 1 is 0.737 bits per heavy atom. The van der Waals surface area contributed by atoms with Gasteiger partial charge in [-0.05, 0) is 25.7 Å². The molecule has 0 aromatic heterocycles. The lowest BCUT2D eigenvalue weighted by Crippen LogP contribution is -1.88. The molecule has 0 saturated carbocycles. The van der Waals surface area contributed by atoms with E-state index in [1.165, 1.54) is 89.0 Å². The SMILES string of the molecule is CCCCCCCCC=C(CCl)CCCCCCC. The second kappa shape index (κ2) is 16.1. The topological polar surface area (TPSA) is 0 Å². The van der Waals surface area contributed by atoms with Crippen molar-refractivity contribution < 1.29 is 0 Å². The zero-order valence-electron chi connectivity index (χ0n) is 13.4. The van der Waals surface area contributed by atoms with Crippen LogP contribution in [0.25, 0.3) is 0 Å². The maximum absolute atomic E-state index is 6.02. The summed E-state index contributed by atoms with van der Waals surface area (Å²) in [6.45, 7) is 4.54. The van der Waals surface area contributed by atoms with Gasteiger partial charge in [-0.1, -0.05) is 83.3 Å². The van der Waals surface area contributed by atoms with E-state index in [-0.39, 0.29) is 0 Å². The van der Waals surface area contributed by atoms with Gasteiger partial charge in [0, 0.05) is 5.88 Å². The molecule has 0 aromatic rings. The first-order chi connectivity index (χ1) is 9.35. The van der Waals surface area contributed by atoms with Crippen LogP contribution in [-0.4, -0.2) is 5.88 Å². The summed E-state index contributed by atoms with van der Waals surface area (Å²) in [7, 11) is 0. The molecule has 0 atom stereocenters. The molecule has 0 rings (SSSR count). The minimum absolute atomic E-state index is 0.740. The van der Waals surface area contributed by atoms with E-state index in [2.05, 4.69) is 19.9 Å². The van der Waals surface area contributed by atoms with Crippen LogP contribution >= 0.6 is 11.6 Å². The molecule has 0 aliphatic carbocycles. The Morgan fingerprint density at radius 2 is 1.26 bits per heavy atom. The molecule has 1 heteroatoms. The van der Waals surface area contributed by atoms with Crippen molar-refractivity contribution in [3.63, 3.8) is 0 Å². The standard InChI is InChI=1S/C18H35Cl/c1-3-5-7-9-10-12-14-16-18(17-19)15-13-11-8-6-4-2/h16H,3-15,17H2,1-2H3. The predicted octanol–water partition coefficient (Wildman–Crippen LogP) is 7.26. The van der Waals surface area contributed by atoms with Crippen LogP contribution in [0.15, 0.2) is 11.6 Å². The van der Waals surface area contributed by atoms with Gasteiger partial charge in [0.15, 0.2) is 0 Å². The number of rotatable bonds is 14. The van der Waals surface area contributed by atoms with E-state index >= 15 is 0 Å². The predicted molar refractivity (Wildman–Crippen MR) is 90.2 cm³/mol. The lowest BCUT2D eigenvalue weighted by molar-refractivity contribution is 0.608. The van der Waals surface area contributed by atoms with E-state index in [1.54, 1.807) is 0 Å². The molecule has 0 saturated heterocycles. The summed E-state index contributed by atoms with van der Waals surface area (Å²) < 4.78 is 0. The van der Waals surface area contributed by atoms with Crippen molar-refractivity contribution >= 4 is 11.6 Å². The molecule has 0 aromatic carbocycles. The molecule has 0 fully saturated rings. The molecule has 0 spiro atoms. The largest absolute Gasteiger partial charge is 0.122 e. The maximum Gasteiger partial charge on any atom is 0.0433 e. The average molecular weight is 287 g/mol. The highest BCUT2D eigenvalue weighted by atomic mass is 35.5. The average Bonchev–Trinajstić information content (AvgIpc) is 2.44. The highest BCUT2D eigenvalue weighted by Crippen LogP contribution is 2.15. The van der Waals surface area contributed by atoms with Crippen LogP contribution in [0.1, 0.15) is 97.3 Å². The van der Waals surface area contributed by atoms with Gasteiger partial charge in [-0.15, -0.1) is 11.6 Å². The molecule has 0 amide bonds. The van der Waals surface area contributed by atoms with Gasteiger partial charge in [0.25, 0.3) is 0 Å². The zero-order chi connectivity index (χ0) is 14.2. The molecule has 0 bridgehead atoms. The summed E-state index contributed by atoms with van der Waals surface area (Å²) in [6, 6.07) is 0. The van der Waals surface area contributed by atoms with Crippen molar-refractivity contribution in [1.29, 1.82) is 0 Å². The van der Waals surface area contributed by atoms with Gasteiger partial charge in [0.2, 0.25) is 0 Å². The van der Waals surface area contributed by atoms with E-state index in [0.717, 1.165) is 5.88 Å². The van der Waals surface area contributed by atoms with Crippen molar-refractivity contribution in [2.24, 2.45) is 0 Å². The third-order valence-corrected chi connectivity index (χ3v) is 4.11. The Labute approximate surface area is 127 Å². The molecular weight excluding hydrogens is 252 g/mol. The number of hydrogen-bond acceptors (Lipinski definition) is 0. The summed E-state index contributed by atoms with van der Waals surface area (Å²) in [5, 5.41) is 0. The summed E-state index contributed by atoms with van der Waals surface area (Å²) in [5.41, 5.74) is 1.48. The normalized spacial score (nSPS) is 12.1. The minimum atomic E-state index is 0.740. The van der Waals surface area contributed by atoms with Crippen molar-refractivity contribution in [3.05, 3.63) is 11.6 Å². The molecule has 114 valence electrons. The maximum atomic E-state index is 6.02. The first kappa shape index (κ1) is 19.0. The van der Waals surface area contributed by atoms with Crippen LogP contribution in [0.3, 0.4) is 0 Å². The molecule has 0 aliphatic rings. The van der Waals surface area contributed by atoms with Gasteiger partial charge in [-0.3, -0.25) is 0 Å². The van der Waals surface area contributed by atoms with Gasteiger partial charge in [0.1, 0.15) is 0 Å². The number of hydrogen-bond donors (Lipinski definition) is 0. The monoisotopic (exact) mass is 286 g/mol. The highest BCUT2D eigenvalue weighted by molar-refractivity contribution is 6.19. The second-order valence-electron chi connectivity index (χ2n) is 5.72. The van der Waals surface area contributed by atoms with E-state index in [1.807, 2.05) is 0 Å². The third-order valence-electron chi connectivity index (χ3n) is 3.76. The first-order valence-electron chi connectivity index (χ1n) is 8.59. The van der Waals surface area contributed by atoms with Crippen molar-refractivity contribution in [3.8, 4) is 0 Å². The van der Waals surface area contributed by atoms with Crippen LogP contribution in [0, 0.1) is 0 Å². The lowest BCUT2D eigenvalue weighted by atomic mass is 10.0. The quantitative estimate of drug-likeness (QED) is 0.179. The molecule has 0 N–H and O–H groups in total. The smallest absolute Gasteiger partial charge is 0.0433 e. The Balaban J connectivity index is 3.46. The van der Waals surface area contributed by atoms with Gasteiger partial charge < -0.3 is 0 Å². The fraction of sp³-hybridized carbons (Fsp3) is 0.889. The van der Waals surface area contributed by atoms with Crippen molar-refractivity contribution in [2.75, 3.05) is 5.88 Å². The van der Waals surface area contributed by atoms with Gasteiger partial charge in [0.05, 0.1) is 0 Å². The second-order valence-corrected chi connectivity index (χ2v) is 5.98. The molecule has 0 aliphatic heterocycles. The van der Waals surface area contributed by atoms with Gasteiger partial charge in [-0.25, -0.2) is 0 Å². The van der Waals surface area contributed by atoms with E-state index < -0.39 is 0 Å². The molecular formula is C18H35Cl. The molecule has 0 radical (unpaired) electrons. The van der Waals surface area contributed by atoms with Crippen LogP contribution in [0.4, 0.5) is 0 Å².